The highest BCUT2D eigenvalue weighted by Crippen LogP contribution is 2.56. The first-order valence-electron chi connectivity index (χ1n) is 7.02. The van der Waals surface area contributed by atoms with Crippen LogP contribution in [-0.4, -0.2) is 23.3 Å². The molecule has 0 aromatic rings. The number of carbonyl (C=O) groups is 1. The highest BCUT2D eigenvalue weighted by atomic mass is 16.5. The van der Waals surface area contributed by atoms with Crippen molar-refractivity contribution in [1.82, 2.24) is 0 Å². The van der Waals surface area contributed by atoms with Gasteiger partial charge in [-0.2, -0.15) is 0 Å². The minimum Gasteiger partial charge on any atom is -0.481 e. The number of carboxylic acids is 1. The van der Waals surface area contributed by atoms with E-state index in [0.29, 0.717) is 11.8 Å². The molecule has 1 aliphatic carbocycles. The van der Waals surface area contributed by atoms with Gasteiger partial charge >= 0.3 is 5.97 Å². The molecule has 2 aliphatic heterocycles. The van der Waals surface area contributed by atoms with Crippen molar-refractivity contribution in [2.45, 2.75) is 64.1 Å². The second kappa shape index (κ2) is 3.98. The Morgan fingerprint density at radius 2 is 2.12 bits per heavy atom. The third kappa shape index (κ3) is 1.62. The monoisotopic (exact) mass is 238 g/mol. The van der Waals surface area contributed by atoms with Gasteiger partial charge in [0.15, 0.2) is 0 Å². The molecular weight excluding hydrogens is 216 g/mol. The third-order valence-electron chi connectivity index (χ3n) is 5.31. The predicted molar refractivity (Wildman–Crippen MR) is 63.7 cm³/mol. The normalized spacial score (nSPS) is 49.5. The fourth-order valence-corrected chi connectivity index (χ4v) is 4.47. The summed E-state index contributed by atoms with van der Waals surface area (Å²) < 4.78 is 5.86. The molecule has 3 heteroatoms. The minimum atomic E-state index is -0.594. The van der Waals surface area contributed by atoms with Crippen LogP contribution in [0, 0.1) is 17.3 Å². The Hall–Kier alpha value is -0.570. The number of rotatable bonds is 2. The van der Waals surface area contributed by atoms with Crippen molar-refractivity contribution in [1.29, 1.82) is 0 Å². The van der Waals surface area contributed by atoms with Crippen molar-refractivity contribution in [2.24, 2.45) is 17.3 Å². The van der Waals surface area contributed by atoms with Gasteiger partial charge in [0.25, 0.3) is 0 Å². The van der Waals surface area contributed by atoms with E-state index in [9.17, 15) is 9.90 Å². The molecule has 3 aliphatic rings. The summed E-state index contributed by atoms with van der Waals surface area (Å²) in [6.45, 7) is 2.26. The van der Waals surface area contributed by atoms with Crippen LogP contribution in [0.3, 0.4) is 0 Å². The van der Waals surface area contributed by atoms with Gasteiger partial charge in [-0.25, -0.2) is 0 Å². The molecule has 2 bridgehead atoms. The smallest absolute Gasteiger partial charge is 0.312 e. The summed E-state index contributed by atoms with van der Waals surface area (Å²) in [6.07, 6.45) is 7.66. The lowest BCUT2D eigenvalue weighted by Gasteiger charge is -2.42. The van der Waals surface area contributed by atoms with Crippen LogP contribution in [0.25, 0.3) is 0 Å². The van der Waals surface area contributed by atoms with E-state index in [2.05, 4.69) is 6.92 Å². The highest BCUT2D eigenvalue weighted by molar-refractivity contribution is 5.76. The van der Waals surface area contributed by atoms with Gasteiger partial charge in [0, 0.05) is 0 Å². The third-order valence-corrected chi connectivity index (χ3v) is 5.31. The molecule has 5 atom stereocenters. The number of aliphatic carboxylic acids is 1. The van der Waals surface area contributed by atoms with E-state index >= 15 is 0 Å². The molecule has 1 N–H and O–H groups in total. The lowest BCUT2D eigenvalue weighted by molar-refractivity contribution is -0.158. The Balaban J connectivity index is 1.87. The van der Waals surface area contributed by atoms with Crippen LogP contribution >= 0.6 is 0 Å². The average Bonchev–Trinajstić information content (AvgIpc) is 2.89. The van der Waals surface area contributed by atoms with Gasteiger partial charge in [0.1, 0.15) is 0 Å². The van der Waals surface area contributed by atoms with E-state index in [1.807, 2.05) is 0 Å². The van der Waals surface area contributed by atoms with Crippen molar-refractivity contribution < 1.29 is 14.6 Å². The van der Waals surface area contributed by atoms with E-state index in [-0.39, 0.29) is 12.2 Å². The summed E-state index contributed by atoms with van der Waals surface area (Å²) in [6, 6.07) is 0. The predicted octanol–water partition coefficient (Wildman–Crippen LogP) is 2.84. The molecule has 3 rings (SSSR count). The number of carboxylic acid groups (broad SMARTS) is 1. The van der Waals surface area contributed by atoms with Crippen molar-refractivity contribution in [3.63, 3.8) is 0 Å². The van der Waals surface area contributed by atoms with Gasteiger partial charge in [-0.3, -0.25) is 4.79 Å². The zero-order valence-corrected chi connectivity index (χ0v) is 10.5. The van der Waals surface area contributed by atoms with Gasteiger partial charge in [-0.15, -0.1) is 0 Å². The lowest BCUT2D eigenvalue weighted by atomic mass is 9.60. The average molecular weight is 238 g/mol. The number of ether oxygens (including phenoxy) is 1. The molecule has 0 amide bonds. The maximum Gasteiger partial charge on any atom is 0.312 e. The molecule has 17 heavy (non-hydrogen) atoms. The molecule has 2 heterocycles. The molecule has 2 saturated heterocycles. The molecule has 0 radical (unpaired) electrons. The molecule has 3 fully saturated rings. The summed E-state index contributed by atoms with van der Waals surface area (Å²) in [5, 5.41) is 9.74. The first-order chi connectivity index (χ1) is 8.13. The fourth-order valence-electron chi connectivity index (χ4n) is 4.47. The van der Waals surface area contributed by atoms with Gasteiger partial charge in [-0.1, -0.05) is 19.8 Å². The topological polar surface area (TPSA) is 46.5 Å². The second-order valence-electron chi connectivity index (χ2n) is 6.34. The van der Waals surface area contributed by atoms with Crippen LogP contribution in [-0.2, 0) is 9.53 Å². The Bertz CT molecular complexity index is 327. The standard InChI is InChI=1S/C14H22O3/c1-9-3-2-4-10(7-9)14(13(15)16)8-11-5-6-12(14)17-11/h9-12H,2-8H2,1H3,(H,15,16). The molecule has 5 unspecified atom stereocenters. The largest absolute Gasteiger partial charge is 0.481 e. The molecule has 0 spiro atoms. The van der Waals surface area contributed by atoms with Crippen LogP contribution in [0.15, 0.2) is 0 Å². The first-order valence-corrected chi connectivity index (χ1v) is 7.02. The van der Waals surface area contributed by atoms with E-state index in [1.54, 1.807) is 0 Å². The molecular formula is C14H22O3. The highest BCUT2D eigenvalue weighted by Gasteiger charge is 2.61. The Morgan fingerprint density at radius 3 is 2.65 bits per heavy atom. The zero-order chi connectivity index (χ0) is 12.0. The van der Waals surface area contributed by atoms with Gasteiger partial charge in [-0.05, 0) is 43.9 Å². The summed E-state index contributed by atoms with van der Waals surface area (Å²) in [5.41, 5.74) is -0.544. The van der Waals surface area contributed by atoms with E-state index in [0.717, 1.165) is 32.1 Å². The molecule has 0 aromatic heterocycles. The maximum atomic E-state index is 11.8. The molecule has 3 nitrogen and oxygen atoms in total. The second-order valence-corrected chi connectivity index (χ2v) is 6.34. The van der Waals surface area contributed by atoms with Gasteiger partial charge < -0.3 is 9.84 Å². The van der Waals surface area contributed by atoms with Crippen LogP contribution in [0.2, 0.25) is 0 Å². The zero-order valence-electron chi connectivity index (χ0n) is 10.5. The Morgan fingerprint density at radius 1 is 1.29 bits per heavy atom. The number of fused-ring (bicyclic) bond motifs is 2. The summed E-state index contributed by atoms with van der Waals surface area (Å²) in [5.74, 6) is 0.437. The van der Waals surface area contributed by atoms with Crippen molar-refractivity contribution >= 4 is 5.97 Å². The molecule has 0 aromatic carbocycles. The summed E-state index contributed by atoms with van der Waals surface area (Å²) >= 11 is 0. The van der Waals surface area contributed by atoms with E-state index in [1.165, 1.54) is 12.8 Å². The number of hydrogen-bond acceptors (Lipinski definition) is 2. The van der Waals surface area contributed by atoms with Gasteiger partial charge in [0.2, 0.25) is 0 Å². The van der Waals surface area contributed by atoms with Crippen LogP contribution in [0.5, 0.6) is 0 Å². The molecule has 1 saturated carbocycles. The first kappa shape index (κ1) is 11.5. The summed E-state index contributed by atoms with van der Waals surface area (Å²) in [7, 11) is 0. The van der Waals surface area contributed by atoms with Gasteiger partial charge in [0.05, 0.1) is 17.6 Å². The van der Waals surface area contributed by atoms with Crippen LogP contribution < -0.4 is 0 Å². The van der Waals surface area contributed by atoms with Crippen molar-refractivity contribution in [2.75, 3.05) is 0 Å². The van der Waals surface area contributed by atoms with Crippen molar-refractivity contribution in [3.8, 4) is 0 Å². The molecule has 96 valence electrons. The number of hydrogen-bond donors (Lipinski definition) is 1. The van der Waals surface area contributed by atoms with Crippen molar-refractivity contribution in [3.05, 3.63) is 0 Å². The fraction of sp³-hybridized carbons (Fsp3) is 0.929. The maximum absolute atomic E-state index is 11.8. The lowest BCUT2D eigenvalue weighted by Crippen LogP contribution is -2.47. The van der Waals surface area contributed by atoms with Crippen LogP contribution in [0.4, 0.5) is 0 Å². The quantitative estimate of drug-likeness (QED) is 0.804. The minimum absolute atomic E-state index is 0.000278. The Kier molecular flexibility index (Phi) is 2.69. The SMILES string of the molecule is CC1CCCC(C2(C(=O)O)CC3CCC2O3)C1. The van der Waals surface area contributed by atoms with E-state index in [4.69, 9.17) is 4.74 Å². The summed E-state index contributed by atoms with van der Waals surface area (Å²) in [4.78, 5) is 11.8. The van der Waals surface area contributed by atoms with E-state index < -0.39 is 11.4 Å². The Labute approximate surface area is 103 Å². The van der Waals surface area contributed by atoms with Crippen LogP contribution in [0.1, 0.15) is 51.9 Å².